The summed E-state index contributed by atoms with van der Waals surface area (Å²) >= 11 is 0. The predicted molar refractivity (Wildman–Crippen MR) is 71.8 cm³/mol. The Labute approximate surface area is 102 Å². The van der Waals surface area contributed by atoms with Crippen molar-refractivity contribution in [3.8, 4) is 0 Å². The molecule has 1 aliphatic carbocycles. The number of rotatable bonds is 4. The summed E-state index contributed by atoms with van der Waals surface area (Å²) in [5, 5.41) is 3.18. The van der Waals surface area contributed by atoms with Crippen LogP contribution in [0, 0.1) is 0 Å². The number of hydrogen-bond donors (Lipinski definition) is 3. The summed E-state index contributed by atoms with van der Waals surface area (Å²) in [5.41, 5.74) is 4.98. The Morgan fingerprint density at radius 1 is 1.35 bits per heavy atom. The van der Waals surface area contributed by atoms with Crippen molar-refractivity contribution in [2.24, 2.45) is 10.8 Å². The molecule has 0 spiro atoms. The van der Waals surface area contributed by atoms with Gasteiger partial charge in [0, 0.05) is 5.69 Å². The quantitative estimate of drug-likeness (QED) is 0.322. The highest BCUT2D eigenvalue weighted by Crippen LogP contribution is 2.23. The van der Waals surface area contributed by atoms with Crippen molar-refractivity contribution in [1.29, 1.82) is 0 Å². The van der Waals surface area contributed by atoms with Gasteiger partial charge in [0.2, 0.25) is 5.96 Å². The fraction of sp³-hybridized carbons (Fsp3) is 0.462. The summed E-state index contributed by atoms with van der Waals surface area (Å²) in [6, 6.07) is 8.84. The lowest BCUT2D eigenvalue weighted by atomic mass is 10.1. The van der Waals surface area contributed by atoms with Gasteiger partial charge in [0.15, 0.2) is 0 Å². The third-order valence-electron chi connectivity index (χ3n) is 2.75. The van der Waals surface area contributed by atoms with E-state index in [0.29, 0.717) is 12.0 Å². The van der Waals surface area contributed by atoms with Crippen molar-refractivity contribution in [2.45, 2.75) is 38.6 Å². The first-order valence-corrected chi connectivity index (χ1v) is 6.22. The van der Waals surface area contributed by atoms with Gasteiger partial charge in [-0.05, 0) is 37.0 Å². The fourth-order valence-corrected chi connectivity index (χ4v) is 1.67. The number of nitrogens with zero attached hydrogens (tertiary/aromatic N) is 1. The molecule has 4 nitrogen and oxygen atoms in total. The Bertz CT molecular complexity index is 379. The van der Waals surface area contributed by atoms with Crippen LogP contribution in [0.15, 0.2) is 29.3 Å². The molecule has 1 fully saturated rings. The molecular formula is C13H20N4. The van der Waals surface area contributed by atoms with Crippen LogP contribution in [0.4, 0.5) is 5.69 Å². The van der Waals surface area contributed by atoms with Crippen molar-refractivity contribution in [3.05, 3.63) is 29.8 Å². The number of aryl methyl sites for hydroxylation is 1. The highest BCUT2D eigenvalue weighted by Gasteiger charge is 2.20. The summed E-state index contributed by atoms with van der Waals surface area (Å²) in [7, 11) is 0. The van der Waals surface area contributed by atoms with Gasteiger partial charge in [-0.2, -0.15) is 0 Å². The molecule has 0 amide bonds. The van der Waals surface area contributed by atoms with E-state index in [9.17, 15) is 0 Å². The van der Waals surface area contributed by atoms with Gasteiger partial charge >= 0.3 is 0 Å². The van der Waals surface area contributed by atoms with Crippen molar-refractivity contribution >= 4 is 11.6 Å². The molecular weight excluding hydrogens is 212 g/mol. The van der Waals surface area contributed by atoms with E-state index in [1.807, 2.05) is 0 Å². The Balaban J connectivity index is 1.96. The lowest BCUT2D eigenvalue weighted by Gasteiger charge is -2.09. The first kappa shape index (κ1) is 11.9. The molecule has 1 saturated carbocycles. The van der Waals surface area contributed by atoms with E-state index >= 15 is 0 Å². The molecule has 1 aliphatic rings. The fourth-order valence-electron chi connectivity index (χ4n) is 1.67. The summed E-state index contributed by atoms with van der Waals surface area (Å²) in [6.07, 6.45) is 4.63. The second kappa shape index (κ2) is 5.68. The lowest BCUT2D eigenvalue weighted by Crippen LogP contribution is -2.36. The van der Waals surface area contributed by atoms with Gasteiger partial charge in [0.25, 0.3) is 0 Å². The third-order valence-corrected chi connectivity index (χ3v) is 2.75. The van der Waals surface area contributed by atoms with E-state index in [2.05, 4.69) is 46.9 Å². The molecule has 0 heterocycles. The number of hydrazine groups is 1. The molecule has 0 bridgehead atoms. The minimum atomic E-state index is 0.452. The zero-order chi connectivity index (χ0) is 12.1. The average molecular weight is 232 g/mol. The van der Waals surface area contributed by atoms with Crippen LogP contribution in [0.1, 0.15) is 31.7 Å². The first-order valence-electron chi connectivity index (χ1n) is 6.22. The van der Waals surface area contributed by atoms with Crippen molar-refractivity contribution in [1.82, 2.24) is 5.43 Å². The van der Waals surface area contributed by atoms with E-state index in [0.717, 1.165) is 12.1 Å². The topological polar surface area (TPSA) is 62.4 Å². The summed E-state index contributed by atoms with van der Waals surface area (Å²) < 4.78 is 0. The number of aliphatic imine (C=N–C) groups is 1. The molecule has 0 saturated heterocycles. The van der Waals surface area contributed by atoms with Crippen LogP contribution in [0.5, 0.6) is 0 Å². The third kappa shape index (κ3) is 3.75. The Morgan fingerprint density at radius 2 is 2.06 bits per heavy atom. The van der Waals surface area contributed by atoms with E-state index in [4.69, 9.17) is 5.84 Å². The molecule has 0 aliphatic heterocycles. The maximum Gasteiger partial charge on any atom is 0.210 e. The smallest absolute Gasteiger partial charge is 0.210 e. The number of benzene rings is 1. The van der Waals surface area contributed by atoms with Crippen LogP contribution >= 0.6 is 0 Å². The van der Waals surface area contributed by atoms with Crippen LogP contribution in [-0.4, -0.2) is 12.0 Å². The minimum absolute atomic E-state index is 0.452. The number of hydrogen-bond acceptors (Lipinski definition) is 2. The van der Waals surface area contributed by atoms with Crippen LogP contribution in [0.25, 0.3) is 0 Å². The van der Waals surface area contributed by atoms with E-state index in [1.54, 1.807) is 0 Å². The Kier molecular flexibility index (Phi) is 3.98. The second-order valence-electron chi connectivity index (χ2n) is 4.43. The zero-order valence-electron chi connectivity index (χ0n) is 10.2. The minimum Gasteiger partial charge on any atom is -0.325 e. The average Bonchev–Trinajstić information content (AvgIpc) is 3.15. The van der Waals surface area contributed by atoms with Gasteiger partial charge in [-0.1, -0.05) is 25.5 Å². The van der Waals surface area contributed by atoms with Crippen LogP contribution < -0.4 is 16.6 Å². The summed E-state index contributed by atoms with van der Waals surface area (Å²) in [5.74, 6) is 6.08. The van der Waals surface area contributed by atoms with E-state index in [-0.39, 0.29) is 0 Å². The van der Waals surface area contributed by atoms with Gasteiger partial charge in [-0.15, -0.1) is 0 Å². The molecule has 0 atom stereocenters. The zero-order valence-corrected chi connectivity index (χ0v) is 10.2. The van der Waals surface area contributed by atoms with E-state index in [1.165, 1.54) is 24.8 Å². The van der Waals surface area contributed by atoms with E-state index < -0.39 is 0 Å². The van der Waals surface area contributed by atoms with Gasteiger partial charge in [-0.25, -0.2) is 10.8 Å². The van der Waals surface area contributed by atoms with Crippen molar-refractivity contribution in [2.75, 3.05) is 5.32 Å². The van der Waals surface area contributed by atoms with Gasteiger partial charge in [0.1, 0.15) is 0 Å². The van der Waals surface area contributed by atoms with Gasteiger partial charge in [-0.3, -0.25) is 5.43 Å². The normalized spacial score (nSPS) is 15.8. The Morgan fingerprint density at radius 3 is 2.59 bits per heavy atom. The lowest BCUT2D eigenvalue weighted by molar-refractivity contribution is 0.922. The summed E-state index contributed by atoms with van der Waals surface area (Å²) in [6.45, 7) is 2.19. The van der Waals surface area contributed by atoms with Crippen LogP contribution in [-0.2, 0) is 6.42 Å². The second-order valence-corrected chi connectivity index (χ2v) is 4.43. The first-order chi connectivity index (χ1) is 8.31. The van der Waals surface area contributed by atoms with Crippen LogP contribution in [0.2, 0.25) is 0 Å². The molecule has 0 radical (unpaired) electrons. The van der Waals surface area contributed by atoms with Crippen molar-refractivity contribution < 1.29 is 0 Å². The summed E-state index contributed by atoms with van der Waals surface area (Å²) in [4.78, 5) is 4.43. The molecule has 4 heteroatoms. The number of nitrogens with two attached hydrogens (primary N) is 1. The number of nitrogens with one attached hydrogen (secondary N) is 2. The Hall–Kier alpha value is -1.55. The molecule has 4 N–H and O–H groups in total. The highest BCUT2D eigenvalue weighted by molar-refractivity contribution is 5.93. The molecule has 1 aromatic carbocycles. The standard InChI is InChI=1S/C13H20N4/c1-2-3-10-4-6-11(7-5-10)15-13(17-14)16-12-8-9-12/h4-7,12H,2-3,8-9,14H2,1H3,(H2,15,16,17). The largest absolute Gasteiger partial charge is 0.325 e. The predicted octanol–water partition coefficient (Wildman–Crippen LogP) is 2.03. The maximum absolute atomic E-state index is 5.43. The monoisotopic (exact) mass is 232 g/mol. The SMILES string of the molecule is CCCc1ccc(NC(=NC2CC2)NN)cc1. The molecule has 1 aromatic rings. The molecule has 92 valence electrons. The van der Waals surface area contributed by atoms with Crippen LogP contribution in [0.3, 0.4) is 0 Å². The van der Waals surface area contributed by atoms with Gasteiger partial charge in [0.05, 0.1) is 6.04 Å². The molecule has 0 aromatic heterocycles. The maximum atomic E-state index is 5.43. The number of guanidine groups is 1. The van der Waals surface area contributed by atoms with Gasteiger partial charge < -0.3 is 5.32 Å². The highest BCUT2D eigenvalue weighted by atomic mass is 15.3. The molecule has 2 rings (SSSR count). The van der Waals surface area contributed by atoms with Crippen molar-refractivity contribution in [3.63, 3.8) is 0 Å². The molecule has 17 heavy (non-hydrogen) atoms. The number of anilines is 1. The molecule has 0 unspecified atom stereocenters.